The molecule has 1 aliphatic heterocycles. The van der Waals surface area contributed by atoms with Gasteiger partial charge in [-0.15, -0.1) is 0 Å². The second-order valence-corrected chi connectivity index (χ2v) is 9.01. The largest absolute Gasteiger partial charge is 0.354 e. The number of sulfonamides is 1. The molecule has 8 nitrogen and oxygen atoms in total. The van der Waals surface area contributed by atoms with E-state index in [0.717, 1.165) is 0 Å². The molecule has 0 bridgehead atoms. The Morgan fingerprint density at radius 3 is 2.42 bits per heavy atom. The molecule has 166 valence electrons. The number of urea groups is 1. The molecule has 2 N–H and O–H groups in total. The number of benzene rings is 2. The van der Waals surface area contributed by atoms with Gasteiger partial charge in [-0.3, -0.25) is 4.79 Å². The molecule has 0 atom stereocenters. The molecule has 1 heterocycles. The van der Waals surface area contributed by atoms with Crippen LogP contribution in [0.25, 0.3) is 0 Å². The summed E-state index contributed by atoms with van der Waals surface area (Å²) in [5.74, 6) is -0.855. The van der Waals surface area contributed by atoms with E-state index in [1.54, 1.807) is 24.3 Å². The van der Waals surface area contributed by atoms with E-state index in [1.165, 1.54) is 39.5 Å². The summed E-state index contributed by atoms with van der Waals surface area (Å²) in [6, 6.07) is 13.3. The third-order valence-corrected chi connectivity index (χ3v) is 6.82. The highest BCUT2D eigenvalue weighted by Gasteiger charge is 2.26. The van der Waals surface area contributed by atoms with Gasteiger partial charge in [-0.2, -0.15) is 4.31 Å². The molecule has 0 radical (unpaired) electrons. The van der Waals surface area contributed by atoms with Crippen LogP contribution in [0.3, 0.4) is 0 Å². The van der Waals surface area contributed by atoms with Gasteiger partial charge < -0.3 is 15.5 Å². The Morgan fingerprint density at radius 1 is 0.968 bits per heavy atom. The zero-order valence-corrected chi connectivity index (χ0v) is 17.8. The quantitative estimate of drug-likeness (QED) is 0.753. The Morgan fingerprint density at radius 2 is 1.68 bits per heavy atom. The summed E-state index contributed by atoms with van der Waals surface area (Å²) in [5.41, 5.74) is 0.0548. The first-order valence-electron chi connectivity index (χ1n) is 10.0. The zero-order valence-electron chi connectivity index (χ0n) is 17.0. The lowest BCUT2D eigenvalue weighted by atomic mass is 10.3. The third kappa shape index (κ3) is 6.02. The van der Waals surface area contributed by atoms with Crippen LogP contribution in [0, 0.1) is 5.82 Å². The van der Waals surface area contributed by atoms with Crippen molar-refractivity contribution in [1.82, 2.24) is 14.5 Å². The number of anilines is 1. The molecule has 10 heteroatoms. The zero-order chi connectivity index (χ0) is 22.3. The fraction of sp³-hybridized carbons (Fsp3) is 0.333. The van der Waals surface area contributed by atoms with Gasteiger partial charge >= 0.3 is 6.03 Å². The summed E-state index contributed by atoms with van der Waals surface area (Å²) in [4.78, 5) is 26.4. The molecular formula is C21H25FN4O4S. The van der Waals surface area contributed by atoms with Crippen molar-refractivity contribution in [3.05, 3.63) is 60.4 Å². The summed E-state index contributed by atoms with van der Waals surface area (Å²) in [7, 11) is -3.77. The van der Waals surface area contributed by atoms with Gasteiger partial charge in [-0.1, -0.05) is 30.3 Å². The van der Waals surface area contributed by atoms with E-state index in [2.05, 4.69) is 10.6 Å². The Labute approximate surface area is 181 Å². The minimum atomic E-state index is -3.77. The van der Waals surface area contributed by atoms with Gasteiger partial charge in [0.15, 0.2) is 0 Å². The number of nitrogens with one attached hydrogen (secondary N) is 2. The second kappa shape index (κ2) is 10.4. The maximum Gasteiger partial charge on any atom is 0.321 e. The van der Waals surface area contributed by atoms with E-state index in [0.29, 0.717) is 6.42 Å². The highest BCUT2D eigenvalue weighted by Crippen LogP contribution is 2.17. The minimum Gasteiger partial charge on any atom is -0.354 e. The van der Waals surface area contributed by atoms with Crippen molar-refractivity contribution >= 4 is 27.6 Å². The monoisotopic (exact) mass is 448 g/mol. The van der Waals surface area contributed by atoms with Gasteiger partial charge in [-0.25, -0.2) is 17.6 Å². The maximum atomic E-state index is 13.9. The average molecular weight is 449 g/mol. The fourth-order valence-corrected chi connectivity index (χ4v) is 4.75. The first-order chi connectivity index (χ1) is 14.9. The van der Waals surface area contributed by atoms with E-state index in [1.807, 2.05) is 0 Å². The first-order valence-corrected chi connectivity index (χ1v) is 11.4. The lowest BCUT2D eigenvalue weighted by molar-refractivity contribution is -0.121. The van der Waals surface area contributed by atoms with Crippen LogP contribution in [0.15, 0.2) is 59.5 Å². The van der Waals surface area contributed by atoms with E-state index in [9.17, 15) is 22.4 Å². The molecule has 0 spiro atoms. The number of hydrogen-bond donors (Lipinski definition) is 2. The van der Waals surface area contributed by atoms with Crippen LogP contribution in [-0.2, 0) is 14.8 Å². The van der Waals surface area contributed by atoms with Gasteiger partial charge in [0.1, 0.15) is 5.82 Å². The van der Waals surface area contributed by atoms with E-state index >= 15 is 0 Å². The lowest BCUT2D eigenvalue weighted by Crippen LogP contribution is -2.41. The molecule has 1 aliphatic rings. The van der Waals surface area contributed by atoms with Crippen LogP contribution in [0.1, 0.15) is 12.8 Å². The van der Waals surface area contributed by atoms with Crippen LogP contribution >= 0.6 is 0 Å². The SMILES string of the molecule is O=C1CCN(S(=O)(=O)c2ccccc2)CCCN(C(=O)Nc2ccccc2F)CCN1. The standard InChI is InChI=1S/C21H25FN4O4S/c22-18-9-4-5-10-19(18)24-21(28)25-13-6-14-26(15-11-20(27)23-12-16-25)31(29,30)17-7-2-1-3-8-17/h1-5,7-10H,6,11-16H2,(H,23,27)(H,24,28). The Balaban J connectivity index is 1.73. The predicted octanol–water partition coefficient (Wildman–Crippen LogP) is 2.26. The first kappa shape index (κ1) is 22.7. The molecule has 3 amide bonds. The van der Waals surface area contributed by atoms with Gasteiger partial charge in [0, 0.05) is 39.1 Å². The van der Waals surface area contributed by atoms with Crippen molar-refractivity contribution in [3.63, 3.8) is 0 Å². The molecule has 0 unspecified atom stereocenters. The summed E-state index contributed by atoms with van der Waals surface area (Å²) in [6.45, 7) is 0.877. The molecule has 3 rings (SSSR count). The van der Waals surface area contributed by atoms with Crippen LogP contribution in [-0.4, -0.2) is 62.3 Å². The van der Waals surface area contributed by atoms with Gasteiger partial charge in [0.2, 0.25) is 15.9 Å². The minimum absolute atomic E-state index is 0.0213. The van der Waals surface area contributed by atoms with E-state index < -0.39 is 21.9 Å². The number of para-hydroxylation sites is 1. The van der Waals surface area contributed by atoms with Crippen molar-refractivity contribution in [3.8, 4) is 0 Å². The molecule has 0 aromatic heterocycles. The maximum absolute atomic E-state index is 13.9. The number of halogens is 1. The third-order valence-electron chi connectivity index (χ3n) is 4.91. The number of hydrogen-bond acceptors (Lipinski definition) is 4. The summed E-state index contributed by atoms with van der Waals surface area (Å²) in [6.07, 6.45) is 0.387. The molecule has 0 aliphatic carbocycles. The van der Waals surface area contributed by atoms with Gasteiger partial charge in [0.05, 0.1) is 10.6 Å². The van der Waals surface area contributed by atoms with Crippen LogP contribution in [0.5, 0.6) is 0 Å². The smallest absolute Gasteiger partial charge is 0.321 e. The van der Waals surface area contributed by atoms with Gasteiger partial charge in [0.25, 0.3) is 0 Å². The molecule has 1 fully saturated rings. The highest BCUT2D eigenvalue weighted by atomic mass is 32.2. The molecular weight excluding hydrogens is 423 g/mol. The Kier molecular flexibility index (Phi) is 7.59. The number of carbonyl (C=O) groups excluding carboxylic acids is 2. The number of carbonyl (C=O) groups is 2. The number of amides is 3. The fourth-order valence-electron chi connectivity index (χ4n) is 3.25. The molecule has 1 saturated heterocycles. The lowest BCUT2D eigenvalue weighted by Gasteiger charge is -2.25. The van der Waals surface area contributed by atoms with Crippen molar-refractivity contribution < 1.29 is 22.4 Å². The molecule has 31 heavy (non-hydrogen) atoms. The highest BCUT2D eigenvalue weighted by molar-refractivity contribution is 7.89. The van der Waals surface area contributed by atoms with Crippen molar-refractivity contribution in [2.75, 3.05) is 38.0 Å². The van der Waals surface area contributed by atoms with E-state index in [4.69, 9.17) is 0 Å². The van der Waals surface area contributed by atoms with Crippen molar-refractivity contribution in [1.29, 1.82) is 0 Å². The Hall–Kier alpha value is -2.98. The summed E-state index contributed by atoms with van der Waals surface area (Å²) < 4.78 is 41.1. The predicted molar refractivity (Wildman–Crippen MR) is 114 cm³/mol. The van der Waals surface area contributed by atoms with Crippen molar-refractivity contribution in [2.24, 2.45) is 0 Å². The van der Waals surface area contributed by atoms with Crippen LogP contribution in [0.2, 0.25) is 0 Å². The molecule has 2 aromatic rings. The normalized spacial score (nSPS) is 16.8. The van der Waals surface area contributed by atoms with Gasteiger partial charge in [-0.05, 0) is 30.7 Å². The van der Waals surface area contributed by atoms with E-state index in [-0.39, 0.29) is 55.6 Å². The Bertz CT molecular complexity index is 1020. The molecule has 2 aromatic carbocycles. The van der Waals surface area contributed by atoms with Crippen LogP contribution in [0.4, 0.5) is 14.9 Å². The summed E-state index contributed by atoms with van der Waals surface area (Å²) >= 11 is 0. The summed E-state index contributed by atoms with van der Waals surface area (Å²) in [5, 5.41) is 5.22. The second-order valence-electron chi connectivity index (χ2n) is 7.07. The number of rotatable bonds is 3. The van der Waals surface area contributed by atoms with Crippen LogP contribution < -0.4 is 10.6 Å². The van der Waals surface area contributed by atoms with Crippen molar-refractivity contribution in [2.45, 2.75) is 17.7 Å². The average Bonchev–Trinajstić information content (AvgIpc) is 2.80. The topological polar surface area (TPSA) is 98.8 Å². The molecule has 0 saturated carbocycles. The number of nitrogens with zero attached hydrogens (tertiary/aromatic N) is 2.